The van der Waals surface area contributed by atoms with Crippen molar-refractivity contribution in [2.45, 2.75) is 13.1 Å². The number of carbonyl (C=O) groups is 2. The average Bonchev–Trinajstić information content (AvgIpc) is 2.87. The van der Waals surface area contributed by atoms with Crippen molar-refractivity contribution < 1.29 is 32.2 Å². The molecule has 3 aromatic rings. The van der Waals surface area contributed by atoms with Crippen molar-refractivity contribution in [3.63, 3.8) is 0 Å². The Bertz CT molecular complexity index is 1390. The Balaban J connectivity index is 1.78. The van der Waals surface area contributed by atoms with Gasteiger partial charge in [0.05, 0.1) is 15.7 Å². The number of ether oxygens (including phenoxy) is 2. The van der Waals surface area contributed by atoms with Gasteiger partial charge in [-0.3, -0.25) is 9.59 Å². The lowest BCUT2D eigenvalue weighted by molar-refractivity contribution is -0.137. The van der Waals surface area contributed by atoms with Crippen LogP contribution < -0.4 is 20.1 Å². The Morgan fingerprint density at radius 2 is 1.71 bits per heavy atom. The molecule has 0 saturated carbocycles. The zero-order valence-corrected chi connectivity index (χ0v) is 22.1. The highest BCUT2D eigenvalue weighted by atomic mass is 127. The van der Waals surface area contributed by atoms with Crippen molar-refractivity contribution >= 4 is 51.9 Å². The summed E-state index contributed by atoms with van der Waals surface area (Å²) in [5.74, 6) is -0.664. The fourth-order valence-electron chi connectivity index (χ4n) is 3.22. The summed E-state index contributed by atoms with van der Waals surface area (Å²) in [5.41, 5.74) is -0.338. The summed E-state index contributed by atoms with van der Waals surface area (Å²) < 4.78 is 50.8. The lowest BCUT2D eigenvalue weighted by Crippen LogP contribution is -2.20. The Labute approximate surface area is 230 Å². The number of nitrogens with one attached hydrogen (secondary N) is 2. The summed E-state index contributed by atoms with van der Waals surface area (Å²) in [6.45, 7) is 1.74. The van der Waals surface area contributed by atoms with E-state index in [0.29, 0.717) is 20.6 Å². The number of amides is 2. The molecule has 2 N–H and O–H groups in total. The molecule has 0 saturated heterocycles. The van der Waals surface area contributed by atoms with E-state index in [2.05, 4.69) is 10.6 Å². The molecular formula is C27H21F3IN3O4. The van der Waals surface area contributed by atoms with Crippen molar-refractivity contribution in [1.82, 2.24) is 0 Å². The minimum atomic E-state index is -4.58. The zero-order chi connectivity index (χ0) is 27.7. The summed E-state index contributed by atoms with van der Waals surface area (Å²) in [6, 6.07) is 17.9. The molecule has 0 bridgehead atoms. The number of benzene rings is 3. The number of alkyl halides is 3. The number of hydrogen-bond acceptors (Lipinski definition) is 5. The van der Waals surface area contributed by atoms with E-state index in [-0.39, 0.29) is 36.1 Å². The normalized spacial score (nSPS) is 11.3. The Hall–Kier alpha value is -4.05. The van der Waals surface area contributed by atoms with Crippen LogP contribution in [0.3, 0.4) is 0 Å². The van der Waals surface area contributed by atoms with Crippen LogP contribution in [0.2, 0.25) is 0 Å². The van der Waals surface area contributed by atoms with Gasteiger partial charge in [0.1, 0.15) is 11.6 Å². The molecular weight excluding hydrogens is 614 g/mol. The largest absolute Gasteiger partial charge is 0.490 e. The van der Waals surface area contributed by atoms with E-state index in [1.165, 1.54) is 18.2 Å². The monoisotopic (exact) mass is 635 g/mol. The highest BCUT2D eigenvalue weighted by molar-refractivity contribution is 14.1. The zero-order valence-electron chi connectivity index (χ0n) is 19.9. The molecule has 11 heteroatoms. The maximum Gasteiger partial charge on any atom is 0.416 e. The molecule has 0 fully saturated rings. The number of rotatable bonds is 9. The van der Waals surface area contributed by atoms with Gasteiger partial charge < -0.3 is 20.1 Å². The molecule has 0 heterocycles. The SMILES string of the molecule is CCOc1cc(/C=C(\C#N)C(=O)Nc2cccc(C(F)(F)F)c2)cc(I)c1OCC(=O)Nc1ccccc1. The average molecular weight is 635 g/mol. The van der Waals surface area contributed by atoms with Crippen LogP contribution in [-0.4, -0.2) is 25.0 Å². The molecule has 7 nitrogen and oxygen atoms in total. The fourth-order valence-corrected chi connectivity index (χ4v) is 4.00. The number of hydrogen-bond donors (Lipinski definition) is 2. The standard InChI is InChI=1S/C27H21F3IN3O4/c1-2-37-23-13-17(12-22(31)25(23)38-16-24(35)33-20-8-4-3-5-9-20)11-18(15-32)26(36)34-21-10-6-7-19(14-21)27(28,29)30/h3-14H,2,16H2,1H3,(H,33,35)(H,34,36)/b18-11+. The molecule has 38 heavy (non-hydrogen) atoms. The van der Waals surface area contributed by atoms with Crippen LogP contribution in [0, 0.1) is 14.9 Å². The van der Waals surface area contributed by atoms with Gasteiger partial charge in [0.15, 0.2) is 18.1 Å². The molecule has 0 unspecified atom stereocenters. The van der Waals surface area contributed by atoms with Crippen molar-refractivity contribution in [2.24, 2.45) is 0 Å². The molecule has 0 atom stereocenters. The molecule has 0 aromatic heterocycles. The van der Waals surface area contributed by atoms with Gasteiger partial charge in [-0.15, -0.1) is 0 Å². The fraction of sp³-hybridized carbons (Fsp3) is 0.148. The minimum Gasteiger partial charge on any atom is -0.490 e. The van der Waals surface area contributed by atoms with Gasteiger partial charge in [-0.05, 0) is 83.6 Å². The van der Waals surface area contributed by atoms with Gasteiger partial charge in [-0.2, -0.15) is 18.4 Å². The lowest BCUT2D eigenvalue weighted by Gasteiger charge is -2.15. The quantitative estimate of drug-likeness (QED) is 0.164. The second kappa shape index (κ2) is 13.0. The van der Waals surface area contributed by atoms with E-state index in [0.717, 1.165) is 18.2 Å². The van der Waals surface area contributed by atoms with Gasteiger partial charge >= 0.3 is 6.18 Å². The number of carbonyl (C=O) groups excluding carboxylic acids is 2. The number of nitriles is 1. The summed E-state index contributed by atoms with van der Waals surface area (Å²) in [6.07, 6.45) is -3.30. The summed E-state index contributed by atoms with van der Waals surface area (Å²) in [7, 11) is 0. The van der Waals surface area contributed by atoms with E-state index in [1.807, 2.05) is 28.7 Å². The smallest absolute Gasteiger partial charge is 0.416 e. The summed E-state index contributed by atoms with van der Waals surface area (Å²) in [4.78, 5) is 24.9. The second-order valence-electron chi connectivity index (χ2n) is 7.67. The van der Waals surface area contributed by atoms with Crippen LogP contribution in [-0.2, 0) is 15.8 Å². The Morgan fingerprint density at radius 1 is 1.00 bits per heavy atom. The predicted octanol–water partition coefficient (Wildman–Crippen LogP) is 6.27. The van der Waals surface area contributed by atoms with Gasteiger partial charge in [0.2, 0.25) is 0 Å². The van der Waals surface area contributed by atoms with Crippen molar-refractivity contribution in [2.75, 3.05) is 23.8 Å². The second-order valence-corrected chi connectivity index (χ2v) is 8.83. The molecule has 0 radical (unpaired) electrons. The van der Waals surface area contributed by atoms with E-state index in [4.69, 9.17) is 9.47 Å². The molecule has 0 spiro atoms. The first-order valence-electron chi connectivity index (χ1n) is 11.1. The third-order valence-electron chi connectivity index (χ3n) is 4.86. The van der Waals surface area contributed by atoms with E-state index in [9.17, 15) is 28.0 Å². The first-order chi connectivity index (χ1) is 18.1. The van der Waals surface area contributed by atoms with Crippen LogP contribution in [0.4, 0.5) is 24.5 Å². The van der Waals surface area contributed by atoms with E-state index in [1.54, 1.807) is 43.3 Å². The van der Waals surface area contributed by atoms with E-state index >= 15 is 0 Å². The van der Waals surface area contributed by atoms with Crippen LogP contribution >= 0.6 is 22.6 Å². The number of para-hydroxylation sites is 1. The van der Waals surface area contributed by atoms with Crippen molar-refractivity contribution in [3.05, 3.63) is 87.0 Å². The first-order valence-corrected chi connectivity index (χ1v) is 12.2. The topological polar surface area (TPSA) is 100 Å². The van der Waals surface area contributed by atoms with Gasteiger partial charge in [-0.25, -0.2) is 0 Å². The molecule has 196 valence electrons. The predicted molar refractivity (Wildman–Crippen MR) is 145 cm³/mol. The molecule has 3 rings (SSSR count). The maximum atomic E-state index is 13.0. The van der Waals surface area contributed by atoms with Crippen LogP contribution in [0.5, 0.6) is 11.5 Å². The summed E-state index contributed by atoms with van der Waals surface area (Å²) in [5, 5.41) is 14.5. The minimum absolute atomic E-state index is 0.104. The maximum absolute atomic E-state index is 13.0. The Kier molecular flexibility index (Phi) is 9.72. The molecule has 2 amide bonds. The highest BCUT2D eigenvalue weighted by Gasteiger charge is 2.30. The van der Waals surface area contributed by atoms with Crippen LogP contribution in [0.1, 0.15) is 18.1 Å². The first kappa shape index (κ1) is 28.5. The van der Waals surface area contributed by atoms with Gasteiger partial charge in [0, 0.05) is 11.4 Å². The van der Waals surface area contributed by atoms with Crippen LogP contribution in [0.15, 0.2) is 72.3 Å². The third kappa shape index (κ3) is 7.97. The van der Waals surface area contributed by atoms with Crippen molar-refractivity contribution in [1.29, 1.82) is 5.26 Å². The van der Waals surface area contributed by atoms with Crippen molar-refractivity contribution in [3.8, 4) is 17.6 Å². The highest BCUT2D eigenvalue weighted by Crippen LogP contribution is 2.35. The molecule has 0 aliphatic rings. The lowest BCUT2D eigenvalue weighted by atomic mass is 10.1. The third-order valence-corrected chi connectivity index (χ3v) is 5.66. The molecule has 3 aromatic carbocycles. The van der Waals surface area contributed by atoms with Crippen LogP contribution in [0.25, 0.3) is 6.08 Å². The molecule has 0 aliphatic carbocycles. The number of halogens is 4. The van der Waals surface area contributed by atoms with E-state index < -0.39 is 17.6 Å². The number of nitrogens with zero attached hydrogens (tertiary/aromatic N) is 1. The Morgan fingerprint density at radius 3 is 2.37 bits per heavy atom. The number of anilines is 2. The molecule has 0 aliphatic heterocycles. The van der Waals surface area contributed by atoms with Gasteiger partial charge in [-0.1, -0.05) is 24.3 Å². The van der Waals surface area contributed by atoms with Gasteiger partial charge in [0.25, 0.3) is 11.8 Å². The summed E-state index contributed by atoms with van der Waals surface area (Å²) >= 11 is 1.97.